The molecule has 7 nitrogen and oxygen atoms in total. The van der Waals surface area contributed by atoms with E-state index in [0.717, 1.165) is 12.1 Å². The number of piperidine rings is 1. The molecule has 0 spiro atoms. The van der Waals surface area contributed by atoms with Crippen molar-refractivity contribution in [2.75, 3.05) is 13.1 Å². The highest BCUT2D eigenvalue weighted by molar-refractivity contribution is 7.89. The summed E-state index contributed by atoms with van der Waals surface area (Å²) in [7, 11) is -3.84. The largest absolute Gasteiger partial charge is 0.480 e. The van der Waals surface area contributed by atoms with Crippen LogP contribution < -0.4 is 5.32 Å². The average Bonchev–Trinajstić information content (AvgIpc) is 2.65. The fourth-order valence-corrected chi connectivity index (χ4v) is 4.61. The van der Waals surface area contributed by atoms with E-state index in [1.54, 1.807) is 6.92 Å². The van der Waals surface area contributed by atoms with Crippen molar-refractivity contribution in [1.82, 2.24) is 9.62 Å². The number of amides is 1. The van der Waals surface area contributed by atoms with E-state index in [4.69, 9.17) is 0 Å². The van der Waals surface area contributed by atoms with Crippen LogP contribution in [0.15, 0.2) is 29.2 Å². The fourth-order valence-electron chi connectivity index (χ4n) is 3.08. The first kappa shape index (κ1) is 21.3. The minimum absolute atomic E-state index is 0.0294. The second-order valence-corrected chi connectivity index (χ2v) is 8.80. The lowest BCUT2D eigenvalue weighted by molar-refractivity contribution is -0.144. The average molecular weight is 400 g/mol. The van der Waals surface area contributed by atoms with Crippen LogP contribution in [-0.4, -0.2) is 48.8 Å². The van der Waals surface area contributed by atoms with Gasteiger partial charge in [-0.3, -0.25) is 4.79 Å². The van der Waals surface area contributed by atoms with Crippen LogP contribution >= 0.6 is 0 Å². The molecule has 150 valence electrons. The summed E-state index contributed by atoms with van der Waals surface area (Å²) >= 11 is 0. The molecule has 9 heteroatoms. The highest BCUT2D eigenvalue weighted by atomic mass is 32.2. The molecule has 1 saturated heterocycles. The minimum atomic E-state index is -3.84. The van der Waals surface area contributed by atoms with Gasteiger partial charge in [0.25, 0.3) is 0 Å². The smallest absolute Gasteiger partial charge is 0.326 e. The van der Waals surface area contributed by atoms with Gasteiger partial charge in [0.15, 0.2) is 0 Å². The molecule has 1 aromatic carbocycles. The molecule has 27 heavy (non-hydrogen) atoms. The van der Waals surface area contributed by atoms with Gasteiger partial charge in [0, 0.05) is 13.1 Å². The second-order valence-electron chi connectivity index (χ2n) is 6.87. The maximum absolute atomic E-state index is 13.1. The number of carboxylic acids is 1. The maximum Gasteiger partial charge on any atom is 0.326 e. The molecule has 2 N–H and O–H groups in total. The SMILES string of the molecule is CCC(C)[C@H](NC(=O)C1CCCN(S(=O)(=O)c2ccc(F)cc2)C1)C(=O)O. The van der Waals surface area contributed by atoms with Crippen molar-refractivity contribution in [2.45, 2.75) is 44.0 Å². The quantitative estimate of drug-likeness (QED) is 0.727. The topological polar surface area (TPSA) is 104 Å². The molecule has 0 aromatic heterocycles. The molecule has 2 unspecified atom stereocenters. The third kappa shape index (κ3) is 5.04. The number of benzene rings is 1. The molecule has 1 amide bonds. The van der Waals surface area contributed by atoms with Crippen LogP contribution in [0.3, 0.4) is 0 Å². The zero-order valence-electron chi connectivity index (χ0n) is 15.4. The predicted octanol–water partition coefficient (Wildman–Crippen LogP) is 1.84. The Morgan fingerprint density at radius 1 is 1.33 bits per heavy atom. The van der Waals surface area contributed by atoms with E-state index in [1.807, 2.05) is 6.92 Å². The number of carbonyl (C=O) groups excluding carboxylic acids is 1. The summed E-state index contributed by atoms with van der Waals surface area (Å²) in [5.74, 6) is -2.96. The molecular weight excluding hydrogens is 375 g/mol. The molecule has 1 fully saturated rings. The van der Waals surface area contributed by atoms with Gasteiger partial charge in [-0.25, -0.2) is 17.6 Å². The van der Waals surface area contributed by atoms with Gasteiger partial charge >= 0.3 is 5.97 Å². The van der Waals surface area contributed by atoms with E-state index in [-0.39, 0.29) is 23.9 Å². The minimum Gasteiger partial charge on any atom is -0.480 e. The van der Waals surface area contributed by atoms with E-state index >= 15 is 0 Å². The predicted molar refractivity (Wildman–Crippen MR) is 96.9 cm³/mol. The Morgan fingerprint density at radius 3 is 2.52 bits per heavy atom. The first-order chi connectivity index (χ1) is 12.7. The van der Waals surface area contributed by atoms with Crippen molar-refractivity contribution >= 4 is 21.9 Å². The third-order valence-corrected chi connectivity index (χ3v) is 6.86. The normalized spacial score (nSPS) is 20.6. The number of carbonyl (C=O) groups is 2. The van der Waals surface area contributed by atoms with Gasteiger partial charge in [0.2, 0.25) is 15.9 Å². The fraction of sp³-hybridized carbons (Fsp3) is 0.556. The Hall–Kier alpha value is -2.00. The Bertz CT molecular complexity index is 781. The first-order valence-electron chi connectivity index (χ1n) is 8.95. The summed E-state index contributed by atoms with van der Waals surface area (Å²) in [5, 5.41) is 11.9. The van der Waals surface area contributed by atoms with E-state index in [1.165, 1.54) is 16.4 Å². The lowest BCUT2D eigenvalue weighted by Gasteiger charge is -2.32. The number of nitrogens with one attached hydrogen (secondary N) is 1. The van der Waals surface area contributed by atoms with Crippen LogP contribution in [-0.2, 0) is 19.6 Å². The summed E-state index contributed by atoms with van der Waals surface area (Å²) in [6.07, 6.45) is 1.56. The van der Waals surface area contributed by atoms with Crippen LogP contribution in [0.25, 0.3) is 0 Å². The number of carboxylic acid groups (broad SMARTS) is 1. The lowest BCUT2D eigenvalue weighted by Crippen LogP contribution is -2.51. The number of aliphatic carboxylic acids is 1. The summed E-state index contributed by atoms with van der Waals surface area (Å²) in [5.41, 5.74) is 0. The molecule has 0 radical (unpaired) electrons. The Balaban J connectivity index is 2.11. The van der Waals surface area contributed by atoms with Crippen LogP contribution in [0.2, 0.25) is 0 Å². The third-order valence-electron chi connectivity index (χ3n) is 4.98. The van der Waals surface area contributed by atoms with Crippen molar-refractivity contribution < 1.29 is 27.5 Å². The molecule has 1 heterocycles. The van der Waals surface area contributed by atoms with Gasteiger partial charge in [-0.05, 0) is 43.0 Å². The highest BCUT2D eigenvalue weighted by Crippen LogP contribution is 2.24. The molecule has 0 saturated carbocycles. The number of halogens is 1. The van der Waals surface area contributed by atoms with Crippen molar-refractivity contribution in [3.05, 3.63) is 30.1 Å². The molecule has 1 aliphatic rings. The van der Waals surface area contributed by atoms with Gasteiger partial charge in [-0.2, -0.15) is 4.31 Å². The molecule has 0 aliphatic carbocycles. The van der Waals surface area contributed by atoms with Crippen molar-refractivity contribution in [2.24, 2.45) is 11.8 Å². The van der Waals surface area contributed by atoms with Gasteiger partial charge in [-0.15, -0.1) is 0 Å². The van der Waals surface area contributed by atoms with Gasteiger partial charge < -0.3 is 10.4 Å². The molecule has 3 atom stereocenters. The second kappa shape index (κ2) is 8.79. The number of sulfonamides is 1. The summed E-state index contributed by atoms with van der Waals surface area (Å²) in [6, 6.07) is 3.52. The summed E-state index contributed by atoms with van der Waals surface area (Å²) < 4.78 is 39.7. The summed E-state index contributed by atoms with van der Waals surface area (Å²) in [6.45, 7) is 3.81. The van der Waals surface area contributed by atoms with E-state index < -0.39 is 39.7 Å². The molecular formula is C18H25FN2O5S. The standard InChI is InChI=1S/C18H25FN2O5S/c1-3-12(2)16(18(23)24)20-17(22)13-5-4-10-21(11-13)27(25,26)15-8-6-14(19)7-9-15/h6-9,12-13,16H,3-5,10-11H2,1-2H3,(H,20,22)(H,23,24)/t12?,13?,16-/m0/s1. The lowest BCUT2D eigenvalue weighted by atomic mass is 9.95. The van der Waals surface area contributed by atoms with Crippen LogP contribution in [0.1, 0.15) is 33.1 Å². The molecule has 1 aliphatic heterocycles. The van der Waals surface area contributed by atoms with E-state index in [0.29, 0.717) is 19.3 Å². The van der Waals surface area contributed by atoms with Gasteiger partial charge in [0.1, 0.15) is 11.9 Å². The van der Waals surface area contributed by atoms with Crippen molar-refractivity contribution in [3.8, 4) is 0 Å². The molecule has 0 bridgehead atoms. The van der Waals surface area contributed by atoms with Gasteiger partial charge in [0.05, 0.1) is 10.8 Å². The van der Waals surface area contributed by atoms with Crippen molar-refractivity contribution in [1.29, 1.82) is 0 Å². The Labute approximate surface area is 158 Å². The Morgan fingerprint density at radius 2 is 1.96 bits per heavy atom. The number of hydrogen-bond donors (Lipinski definition) is 2. The van der Waals surface area contributed by atoms with Crippen LogP contribution in [0.4, 0.5) is 4.39 Å². The monoisotopic (exact) mass is 400 g/mol. The van der Waals surface area contributed by atoms with Gasteiger partial charge in [-0.1, -0.05) is 20.3 Å². The maximum atomic E-state index is 13.1. The zero-order valence-corrected chi connectivity index (χ0v) is 16.2. The Kier molecular flexibility index (Phi) is 6.94. The van der Waals surface area contributed by atoms with E-state index in [9.17, 15) is 27.5 Å². The zero-order chi connectivity index (χ0) is 20.2. The van der Waals surface area contributed by atoms with Crippen LogP contribution in [0, 0.1) is 17.7 Å². The first-order valence-corrected chi connectivity index (χ1v) is 10.4. The van der Waals surface area contributed by atoms with E-state index in [2.05, 4.69) is 5.32 Å². The number of hydrogen-bond acceptors (Lipinski definition) is 4. The number of nitrogens with zero attached hydrogens (tertiary/aromatic N) is 1. The van der Waals surface area contributed by atoms with Crippen molar-refractivity contribution in [3.63, 3.8) is 0 Å². The molecule has 1 aromatic rings. The van der Waals surface area contributed by atoms with Crippen LogP contribution in [0.5, 0.6) is 0 Å². The molecule has 2 rings (SSSR count). The highest BCUT2D eigenvalue weighted by Gasteiger charge is 2.35. The summed E-state index contributed by atoms with van der Waals surface area (Å²) in [4.78, 5) is 23.9. The number of rotatable bonds is 7.